The summed E-state index contributed by atoms with van der Waals surface area (Å²) < 4.78 is 17.5. The topological polar surface area (TPSA) is 86.5 Å². The van der Waals surface area contributed by atoms with E-state index in [4.69, 9.17) is 14.0 Å². The van der Waals surface area contributed by atoms with Gasteiger partial charge in [0.1, 0.15) is 5.75 Å². The predicted molar refractivity (Wildman–Crippen MR) is 115 cm³/mol. The van der Waals surface area contributed by atoms with Crippen LogP contribution in [-0.2, 0) is 9.53 Å². The van der Waals surface area contributed by atoms with Crippen molar-refractivity contribution in [3.63, 3.8) is 0 Å². The van der Waals surface area contributed by atoms with Gasteiger partial charge in [0.2, 0.25) is 5.82 Å². The van der Waals surface area contributed by atoms with Crippen molar-refractivity contribution < 1.29 is 18.8 Å². The zero-order chi connectivity index (χ0) is 20.8. The maximum absolute atomic E-state index is 12.0. The van der Waals surface area contributed by atoms with Crippen LogP contribution in [0.3, 0.4) is 0 Å². The summed E-state index contributed by atoms with van der Waals surface area (Å²) in [4.78, 5) is 16.4. The molecule has 0 aliphatic carbocycles. The Bertz CT molecular complexity index is 967. The van der Waals surface area contributed by atoms with Crippen LogP contribution in [0.5, 0.6) is 5.75 Å². The zero-order valence-corrected chi connectivity index (χ0v) is 17.9. The summed E-state index contributed by atoms with van der Waals surface area (Å²) in [7, 11) is 0. The van der Waals surface area contributed by atoms with E-state index in [0.29, 0.717) is 24.0 Å². The van der Waals surface area contributed by atoms with E-state index in [0.717, 1.165) is 41.5 Å². The molecular formula is C22H22BrN3O4. The first-order valence-electron chi connectivity index (χ1n) is 9.88. The highest BCUT2D eigenvalue weighted by molar-refractivity contribution is 9.10. The van der Waals surface area contributed by atoms with Crippen molar-refractivity contribution >= 4 is 21.8 Å². The largest absolute Gasteiger partial charge is 0.484 e. The summed E-state index contributed by atoms with van der Waals surface area (Å²) in [6, 6.07) is 14.9. The van der Waals surface area contributed by atoms with E-state index in [1.54, 1.807) is 12.1 Å². The van der Waals surface area contributed by atoms with E-state index in [-0.39, 0.29) is 18.6 Å². The third kappa shape index (κ3) is 5.46. The second kappa shape index (κ2) is 9.86. The van der Waals surface area contributed by atoms with Crippen LogP contribution < -0.4 is 10.1 Å². The number of hydrogen-bond acceptors (Lipinski definition) is 6. The van der Waals surface area contributed by atoms with E-state index in [2.05, 4.69) is 31.4 Å². The van der Waals surface area contributed by atoms with Gasteiger partial charge < -0.3 is 19.3 Å². The van der Waals surface area contributed by atoms with Crippen molar-refractivity contribution in [2.75, 3.05) is 19.8 Å². The van der Waals surface area contributed by atoms with Crippen LogP contribution in [0.25, 0.3) is 22.8 Å². The maximum atomic E-state index is 12.0. The molecule has 0 bridgehead atoms. The highest BCUT2D eigenvalue weighted by Crippen LogP contribution is 2.25. The summed E-state index contributed by atoms with van der Waals surface area (Å²) in [5.41, 5.74) is 1.65. The van der Waals surface area contributed by atoms with Crippen molar-refractivity contribution in [1.29, 1.82) is 0 Å². The number of nitrogens with zero attached hydrogens (tertiary/aromatic N) is 2. The van der Waals surface area contributed by atoms with Crippen molar-refractivity contribution in [1.82, 2.24) is 15.5 Å². The molecule has 2 aromatic carbocycles. The van der Waals surface area contributed by atoms with Crippen LogP contribution in [0, 0.1) is 0 Å². The molecule has 1 aliphatic rings. The van der Waals surface area contributed by atoms with Crippen LogP contribution in [0.15, 0.2) is 57.5 Å². The van der Waals surface area contributed by atoms with Crippen molar-refractivity contribution in [3.8, 4) is 28.6 Å². The predicted octanol–water partition coefficient (Wildman–Crippen LogP) is 4.23. The van der Waals surface area contributed by atoms with Gasteiger partial charge in [0.05, 0.1) is 6.10 Å². The summed E-state index contributed by atoms with van der Waals surface area (Å²) >= 11 is 3.41. The number of nitrogens with one attached hydrogen (secondary N) is 1. The van der Waals surface area contributed by atoms with Crippen LogP contribution in [0.2, 0.25) is 0 Å². The molecule has 0 radical (unpaired) electrons. The average molecular weight is 472 g/mol. The molecule has 1 amide bonds. The van der Waals surface area contributed by atoms with Crippen LogP contribution >= 0.6 is 15.9 Å². The molecule has 4 rings (SSSR count). The lowest BCUT2D eigenvalue weighted by Gasteiger charge is -2.22. The lowest BCUT2D eigenvalue weighted by molar-refractivity contribution is -0.124. The zero-order valence-electron chi connectivity index (χ0n) is 16.3. The second-order valence-electron chi connectivity index (χ2n) is 7.04. The van der Waals surface area contributed by atoms with E-state index in [9.17, 15) is 4.79 Å². The Balaban J connectivity index is 1.28. The van der Waals surface area contributed by atoms with Gasteiger partial charge in [0.25, 0.3) is 11.8 Å². The number of carbonyl (C=O) groups excluding carboxylic acids is 1. The van der Waals surface area contributed by atoms with E-state index >= 15 is 0 Å². The Labute approximate surface area is 182 Å². The van der Waals surface area contributed by atoms with Gasteiger partial charge in [-0.1, -0.05) is 21.1 Å². The molecule has 156 valence electrons. The molecule has 2 heterocycles. The Hall–Kier alpha value is -2.71. The third-order valence-corrected chi connectivity index (χ3v) is 5.33. The summed E-state index contributed by atoms with van der Waals surface area (Å²) in [6.07, 6.45) is 3.34. The Morgan fingerprint density at radius 3 is 2.60 bits per heavy atom. The first kappa shape index (κ1) is 20.6. The van der Waals surface area contributed by atoms with Crippen molar-refractivity contribution in [3.05, 3.63) is 53.0 Å². The summed E-state index contributed by atoms with van der Waals surface area (Å²) in [5, 5.41) is 6.90. The fourth-order valence-electron chi connectivity index (χ4n) is 3.15. The molecule has 0 saturated carbocycles. The highest BCUT2D eigenvalue weighted by Gasteiger charge is 2.15. The smallest absolute Gasteiger partial charge is 0.258 e. The van der Waals surface area contributed by atoms with Gasteiger partial charge in [0, 0.05) is 28.8 Å². The van der Waals surface area contributed by atoms with Crippen molar-refractivity contribution in [2.45, 2.75) is 25.4 Å². The molecule has 1 aliphatic heterocycles. The van der Waals surface area contributed by atoms with Crippen LogP contribution in [0.4, 0.5) is 0 Å². The molecular weight excluding hydrogens is 450 g/mol. The average Bonchev–Trinajstić information content (AvgIpc) is 3.28. The monoisotopic (exact) mass is 471 g/mol. The minimum absolute atomic E-state index is 0.0397. The Morgan fingerprint density at radius 2 is 1.87 bits per heavy atom. The number of rotatable bonds is 7. The molecule has 1 aromatic heterocycles. The molecule has 8 heteroatoms. The van der Waals surface area contributed by atoms with Crippen LogP contribution in [-0.4, -0.2) is 41.9 Å². The third-order valence-electron chi connectivity index (χ3n) is 4.80. The molecule has 1 unspecified atom stereocenters. The fourth-order valence-corrected chi connectivity index (χ4v) is 3.41. The van der Waals surface area contributed by atoms with Crippen LogP contribution in [0.1, 0.15) is 19.3 Å². The molecule has 1 atom stereocenters. The maximum Gasteiger partial charge on any atom is 0.258 e. The van der Waals surface area contributed by atoms with E-state index in [1.165, 1.54) is 0 Å². The van der Waals surface area contributed by atoms with Gasteiger partial charge in [-0.15, -0.1) is 0 Å². The van der Waals surface area contributed by atoms with Gasteiger partial charge in [-0.3, -0.25) is 4.79 Å². The normalized spacial score (nSPS) is 16.2. The van der Waals surface area contributed by atoms with E-state index in [1.807, 2.05) is 36.4 Å². The molecule has 1 N–H and O–H groups in total. The number of amides is 1. The molecule has 1 fully saturated rings. The number of aromatic nitrogens is 2. The number of benzene rings is 2. The standard InChI is InChI=1S/C22H22BrN3O4/c23-17-8-4-16(5-9-17)22-25-21(26-30-22)15-6-10-18(11-7-15)29-14-20(27)24-13-19-3-1-2-12-28-19/h4-11,19H,1-3,12-14H2,(H,24,27). The van der Waals surface area contributed by atoms with Crippen molar-refractivity contribution in [2.24, 2.45) is 0 Å². The summed E-state index contributed by atoms with van der Waals surface area (Å²) in [5.74, 6) is 1.38. The first-order chi connectivity index (χ1) is 14.7. The number of halogens is 1. The molecule has 3 aromatic rings. The van der Waals surface area contributed by atoms with E-state index < -0.39 is 0 Å². The van der Waals surface area contributed by atoms with Gasteiger partial charge in [-0.2, -0.15) is 4.98 Å². The Kier molecular flexibility index (Phi) is 6.76. The lowest BCUT2D eigenvalue weighted by Crippen LogP contribution is -2.37. The molecule has 7 nitrogen and oxygen atoms in total. The second-order valence-corrected chi connectivity index (χ2v) is 7.95. The number of hydrogen-bond donors (Lipinski definition) is 1. The lowest BCUT2D eigenvalue weighted by atomic mass is 10.1. The first-order valence-corrected chi connectivity index (χ1v) is 10.7. The summed E-state index contributed by atoms with van der Waals surface area (Å²) in [6.45, 7) is 1.26. The minimum atomic E-state index is -0.162. The fraction of sp³-hybridized carbons (Fsp3) is 0.318. The Morgan fingerprint density at radius 1 is 1.10 bits per heavy atom. The molecule has 1 saturated heterocycles. The quantitative estimate of drug-likeness (QED) is 0.554. The minimum Gasteiger partial charge on any atom is -0.484 e. The number of ether oxygens (including phenoxy) is 2. The van der Waals surface area contributed by atoms with Gasteiger partial charge in [-0.25, -0.2) is 0 Å². The SMILES string of the molecule is O=C(COc1ccc(-c2noc(-c3ccc(Br)cc3)n2)cc1)NCC1CCCCO1. The molecule has 0 spiro atoms. The number of carbonyl (C=O) groups is 1. The van der Waals surface area contributed by atoms with Gasteiger partial charge in [-0.05, 0) is 67.8 Å². The molecule has 30 heavy (non-hydrogen) atoms. The van der Waals surface area contributed by atoms with Gasteiger partial charge >= 0.3 is 0 Å². The van der Waals surface area contributed by atoms with Gasteiger partial charge in [0.15, 0.2) is 6.61 Å². The highest BCUT2D eigenvalue weighted by atomic mass is 79.9.